The summed E-state index contributed by atoms with van der Waals surface area (Å²) >= 11 is 5.45. The predicted molar refractivity (Wildman–Crippen MR) is 47.8 cm³/mol. The summed E-state index contributed by atoms with van der Waals surface area (Å²) in [5.41, 5.74) is 0. The number of carbonyl (C=O) groups is 2. The third-order valence-electron chi connectivity index (χ3n) is 1.58. The predicted octanol–water partition coefficient (Wildman–Crippen LogP) is 1.41. The van der Waals surface area contributed by atoms with Gasteiger partial charge in [0.05, 0.1) is 7.11 Å². The van der Waals surface area contributed by atoms with Crippen LogP contribution in [-0.2, 0) is 14.3 Å². The summed E-state index contributed by atoms with van der Waals surface area (Å²) in [5.74, 6) is -1.29. The number of ether oxygens (including phenoxy) is 1. The quantitative estimate of drug-likeness (QED) is 0.407. The van der Waals surface area contributed by atoms with Gasteiger partial charge in [-0.3, -0.25) is 9.59 Å². The molecule has 0 saturated heterocycles. The van der Waals surface area contributed by atoms with E-state index in [2.05, 4.69) is 4.74 Å². The Hall–Kier alpha value is -0.770. The molecule has 13 heavy (non-hydrogen) atoms. The molecule has 0 aromatic carbocycles. The second-order valence-electron chi connectivity index (χ2n) is 2.63. The molecule has 0 fully saturated rings. The van der Waals surface area contributed by atoms with Crippen LogP contribution in [0.2, 0.25) is 0 Å². The SMILES string of the molecule is COC(=O)CCCC[C@@H](Cl)C(=O)O. The lowest BCUT2D eigenvalue weighted by molar-refractivity contribution is -0.140. The van der Waals surface area contributed by atoms with E-state index in [9.17, 15) is 9.59 Å². The smallest absolute Gasteiger partial charge is 0.321 e. The minimum Gasteiger partial charge on any atom is -0.480 e. The Morgan fingerprint density at radius 3 is 2.54 bits per heavy atom. The minimum absolute atomic E-state index is 0.276. The molecule has 0 rings (SSSR count). The summed E-state index contributed by atoms with van der Waals surface area (Å²) < 4.78 is 4.42. The molecule has 0 aliphatic rings. The van der Waals surface area contributed by atoms with Crippen LogP contribution in [-0.4, -0.2) is 29.5 Å². The summed E-state index contributed by atoms with van der Waals surface area (Å²) in [6.45, 7) is 0. The third kappa shape index (κ3) is 6.40. The van der Waals surface area contributed by atoms with Gasteiger partial charge in [-0.25, -0.2) is 0 Å². The van der Waals surface area contributed by atoms with Gasteiger partial charge in [-0.1, -0.05) is 6.42 Å². The first-order valence-corrected chi connectivity index (χ1v) is 4.45. The van der Waals surface area contributed by atoms with Crippen LogP contribution in [0.1, 0.15) is 25.7 Å². The van der Waals surface area contributed by atoms with Crippen LogP contribution in [0.5, 0.6) is 0 Å². The van der Waals surface area contributed by atoms with Gasteiger partial charge in [0.2, 0.25) is 0 Å². The van der Waals surface area contributed by atoms with E-state index in [1.807, 2.05) is 0 Å². The molecule has 1 atom stereocenters. The minimum atomic E-state index is -1.01. The van der Waals surface area contributed by atoms with E-state index in [0.29, 0.717) is 25.7 Å². The van der Waals surface area contributed by atoms with Crippen molar-refractivity contribution in [3.05, 3.63) is 0 Å². The fourth-order valence-corrected chi connectivity index (χ4v) is 0.973. The maximum atomic E-state index is 10.6. The van der Waals surface area contributed by atoms with Gasteiger partial charge in [-0.15, -0.1) is 11.6 Å². The number of carbonyl (C=O) groups excluding carboxylic acids is 1. The number of unbranched alkanes of at least 4 members (excludes halogenated alkanes) is 1. The molecule has 0 aliphatic heterocycles. The molecule has 0 aromatic rings. The normalized spacial score (nSPS) is 12.2. The molecule has 1 N–H and O–H groups in total. The van der Waals surface area contributed by atoms with Crippen LogP contribution in [0.4, 0.5) is 0 Å². The highest BCUT2D eigenvalue weighted by molar-refractivity contribution is 6.29. The number of methoxy groups -OCH3 is 1. The Morgan fingerprint density at radius 1 is 1.46 bits per heavy atom. The average Bonchev–Trinajstić information content (AvgIpc) is 2.11. The number of esters is 1. The standard InChI is InChI=1S/C8H13ClO4/c1-13-7(10)5-3-2-4-6(9)8(11)12/h6H,2-5H2,1H3,(H,11,12)/t6-/m1/s1. The van der Waals surface area contributed by atoms with Crippen molar-refractivity contribution in [2.45, 2.75) is 31.1 Å². The van der Waals surface area contributed by atoms with Crippen LogP contribution in [0.25, 0.3) is 0 Å². The first kappa shape index (κ1) is 12.2. The highest BCUT2D eigenvalue weighted by atomic mass is 35.5. The van der Waals surface area contributed by atoms with Crippen LogP contribution in [0.3, 0.4) is 0 Å². The number of rotatable bonds is 6. The molecule has 5 heteroatoms. The second kappa shape index (κ2) is 6.71. The number of carboxylic acids is 1. The van der Waals surface area contributed by atoms with Crippen molar-refractivity contribution in [1.29, 1.82) is 0 Å². The van der Waals surface area contributed by atoms with Crippen molar-refractivity contribution in [3.8, 4) is 0 Å². The van der Waals surface area contributed by atoms with E-state index >= 15 is 0 Å². The molecule has 4 nitrogen and oxygen atoms in total. The van der Waals surface area contributed by atoms with Crippen LogP contribution in [0.15, 0.2) is 0 Å². The fourth-order valence-electron chi connectivity index (χ4n) is 0.818. The molecular formula is C8H13ClO4. The van der Waals surface area contributed by atoms with Crippen molar-refractivity contribution >= 4 is 23.5 Å². The Balaban J connectivity index is 3.35. The number of aliphatic carboxylic acids is 1. The molecular weight excluding hydrogens is 196 g/mol. The first-order chi connectivity index (χ1) is 6.07. The largest absolute Gasteiger partial charge is 0.480 e. The van der Waals surface area contributed by atoms with E-state index < -0.39 is 11.3 Å². The number of hydrogen-bond donors (Lipinski definition) is 1. The van der Waals surface area contributed by atoms with Gasteiger partial charge in [0.15, 0.2) is 0 Å². The molecule has 0 radical (unpaired) electrons. The molecule has 0 bridgehead atoms. The topological polar surface area (TPSA) is 63.6 Å². The zero-order valence-electron chi connectivity index (χ0n) is 7.46. The molecule has 0 aliphatic carbocycles. The highest BCUT2D eigenvalue weighted by Gasteiger charge is 2.12. The number of halogens is 1. The van der Waals surface area contributed by atoms with Crippen molar-refractivity contribution in [3.63, 3.8) is 0 Å². The zero-order valence-corrected chi connectivity index (χ0v) is 8.21. The van der Waals surface area contributed by atoms with Gasteiger partial charge in [0.1, 0.15) is 5.38 Å². The molecule has 0 heterocycles. The molecule has 0 unspecified atom stereocenters. The Bertz CT molecular complexity index is 181. The van der Waals surface area contributed by atoms with Gasteiger partial charge >= 0.3 is 11.9 Å². The van der Waals surface area contributed by atoms with Gasteiger partial charge in [-0.05, 0) is 12.8 Å². The van der Waals surface area contributed by atoms with Gasteiger partial charge < -0.3 is 9.84 Å². The van der Waals surface area contributed by atoms with Crippen molar-refractivity contribution in [1.82, 2.24) is 0 Å². The summed E-state index contributed by atoms with van der Waals surface area (Å²) in [5, 5.41) is 7.56. The number of hydrogen-bond acceptors (Lipinski definition) is 3. The summed E-state index contributed by atoms with van der Waals surface area (Å²) in [4.78, 5) is 20.9. The molecule has 0 spiro atoms. The number of alkyl halides is 1. The van der Waals surface area contributed by atoms with Gasteiger partial charge in [-0.2, -0.15) is 0 Å². The third-order valence-corrected chi connectivity index (χ3v) is 1.99. The first-order valence-electron chi connectivity index (χ1n) is 4.01. The van der Waals surface area contributed by atoms with Gasteiger partial charge in [0.25, 0.3) is 0 Å². The van der Waals surface area contributed by atoms with Gasteiger partial charge in [0, 0.05) is 6.42 Å². The van der Waals surface area contributed by atoms with Crippen LogP contribution in [0, 0.1) is 0 Å². The molecule has 0 saturated carbocycles. The van der Waals surface area contributed by atoms with E-state index in [1.54, 1.807) is 0 Å². The second-order valence-corrected chi connectivity index (χ2v) is 3.15. The molecule has 0 aromatic heterocycles. The Morgan fingerprint density at radius 2 is 2.08 bits per heavy atom. The van der Waals surface area contributed by atoms with Crippen molar-refractivity contribution in [2.75, 3.05) is 7.11 Å². The summed E-state index contributed by atoms with van der Waals surface area (Å²) in [7, 11) is 1.32. The summed E-state index contributed by atoms with van der Waals surface area (Å²) in [6, 6.07) is 0. The summed E-state index contributed by atoms with van der Waals surface area (Å²) in [6.07, 6.45) is 1.94. The lowest BCUT2D eigenvalue weighted by Crippen LogP contribution is -2.12. The van der Waals surface area contributed by atoms with E-state index in [4.69, 9.17) is 16.7 Å². The maximum absolute atomic E-state index is 10.6. The lowest BCUT2D eigenvalue weighted by Gasteiger charge is -2.02. The Labute approximate surface area is 81.8 Å². The zero-order chi connectivity index (χ0) is 10.3. The van der Waals surface area contributed by atoms with Crippen LogP contribution >= 0.6 is 11.6 Å². The van der Waals surface area contributed by atoms with Crippen molar-refractivity contribution < 1.29 is 19.4 Å². The van der Waals surface area contributed by atoms with Crippen LogP contribution < -0.4 is 0 Å². The van der Waals surface area contributed by atoms with E-state index in [0.717, 1.165) is 0 Å². The Kier molecular flexibility index (Phi) is 6.32. The van der Waals surface area contributed by atoms with E-state index in [1.165, 1.54) is 7.11 Å². The lowest BCUT2D eigenvalue weighted by atomic mass is 10.1. The monoisotopic (exact) mass is 208 g/mol. The molecule has 0 amide bonds. The fraction of sp³-hybridized carbons (Fsp3) is 0.750. The number of carboxylic acid groups (broad SMARTS) is 1. The van der Waals surface area contributed by atoms with E-state index in [-0.39, 0.29) is 5.97 Å². The highest BCUT2D eigenvalue weighted by Crippen LogP contribution is 2.09. The average molecular weight is 209 g/mol. The maximum Gasteiger partial charge on any atom is 0.321 e. The van der Waals surface area contributed by atoms with Crippen molar-refractivity contribution in [2.24, 2.45) is 0 Å². The molecule has 76 valence electrons.